The molecule has 3 rings (SSSR count). The molecule has 3 heterocycles. The lowest BCUT2D eigenvalue weighted by molar-refractivity contribution is 0.603. The Morgan fingerprint density at radius 1 is 0.441 bits per heavy atom. The van der Waals surface area contributed by atoms with E-state index in [1.54, 1.807) is 12.4 Å². The van der Waals surface area contributed by atoms with Crippen molar-refractivity contribution >= 4 is 0 Å². The highest BCUT2D eigenvalue weighted by Crippen LogP contribution is 2.18. The van der Waals surface area contributed by atoms with Gasteiger partial charge in [0, 0.05) is 0 Å². The first kappa shape index (κ1) is 25.9. The largest absolute Gasteiger partial charge is 0.251 e. The molecule has 182 valence electrons. The molecule has 3 aromatic heterocycles. The molecule has 0 unspecified atom stereocenters. The third kappa shape index (κ3) is 8.88. The summed E-state index contributed by atoms with van der Waals surface area (Å²) < 4.78 is 0. The topological polar surface area (TPSA) is 77.3 Å². The Labute approximate surface area is 205 Å². The SMILES string of the molecule is CCCCCCCCc1ccc(-c2cnc(-c3ccc(CCCCCCCC)nn3)cn2)nn1. The minimum absolute atomic E-state index is 0.718. The van der Waals surface area contributed by atoms with E-state index in [0.717, 1.165) is 47.0 Å². The molecule has 6 nitrogen and oxygen atoms in total. The minimum atomic E-state index is 0.718. The minimum Gasteiger partial charge on any atom is -0.251 e. The van der Waals surface area contributed by atoms with E-state index in [4.69, 9.17) is 0 Å². The van der Waals surface area contributed by atoms with E-state index in [0.29, 0.717) is 0 Å². The fourth-order valence-corrected chi connectivity index (χ4v) is 4.03. The lowest BCUT2D eigenvalue weighted by Crippen LogP contribution is -1.99. The molecule has 3 aromatic rings. The van der Waals surface area contributed by atoms with Crippen molar-refractivity contribution in [1.82, 2.24) is 30.4 Å². The normalized spacial score (nSPS) is 11.1. The molecule has 0 atom stereocenters. The van der Waals surface area contributed by atoms with E-state index in [9.17, 15) is 0 Å². The molecule has 6 heteroatoms. The second-order valence-electron chi connectivity index (χ2n) is 9.14. The molecule has 0 aliphatic rings. The van der Waals surface area contributed by atoms with Crippen LogP contribution < -0.4 is 0 Å². The fourth-order valence-electron chi connectivity index (χ4n) is 4.03. The average Bonchev–Trinajstić information content (AvgIpc) is 2.89. The summed E-state index contributed by atoms with van der Waals surface area (Å²) in [7, 11) is 0. The predicted octanol–water partition coefficient (Wildman–Crippen LogP) is 7.20. The van der Waals surface area contributed by atoms with E-state index >= 15 is 0 Å². The summed E-state index contributed by atoms with van der Waals surface area (Å²) in [5.41, 5.74) is 5.00. The molecule has 0 bridgehead atoms. The maximum atomic E-state index is 4.53. The Kier molecular flexibility index (Phi) is 11.6. The molecular weight excluding hydrogens is 420 g/mol. The molecule has 0 fully saturated rings. The first-order chi connectivity index (χ1) is 16.8. The number of unbranched alkanes of at least 4 members (excludes halogenated alkanes) is 10. The molecule has 0 spiro atoms. The van der Waals surface area contributed by atoms with E-state index in [-0.39, 0.29) is 0 Å². The van der Waals surface area contributed by atoms with E-state index in [1.807, 2.05) is 12.1 Å². The zero-order valence-electron chi connectivity index (χ0n) is 21.0. The van der Waals surface area contributed by atoms with E-state index in [1.165, 1.54) is 77.0 Å². The van der Waals surface area contributed by atoms with Gasteiger partial charge in [-0.15, -0.1) is 10.2 Å². The Bertz CT molecular complexity index is 844. The number of aromatic nitrogens is 6. The summed E-state index contributed by atoms with van der Waals surface area (Å²) in [5.74, 6) is 0. The first-order valence-electron chi connectivity index (χ1n) is 13.3. The van der Waals surface area contributed by atoms with Crippen LogP contribution in [0.2, 0.25) is 0 Å². The van der Waals surface area contributed by atoms with Gasteiger partial charge in [0.1, 0.15) is 22.8 Å². The highest BCUT2D eigenvalue weighted by molar-refractivity contribution is 5.57. The quantitative estimate of drug-likeness (QED) is 0.210. The van der Waals surface area contributed by atoms with Crippen molar-refractivity contribution < 1.29 is 0 Å². The Hall–Kier alpha value is -2.76. The van der Waals surface area contributed by atoms with Gasteiger partial charge in [-0.25, -0.2) is 0 Å². The fraction of sp³-hybridized carbons (Fsp3) is 0.571. The van der Waals surface area contributed by atoms with Crippen LogP contribution in [-0.2, 0) is 12.8 Å². The van der Waals surface area contributed by atoms with Gasteiger partial charge in [0.05, 0.1) is 23.8 Å². The van der Waals surface area contributed by atoms with Crippen molar-refractivity contribution in [1.29, 1.82) is 0 Å². The molecular formula is C28H40N6. The Morgan fingerprint density at radius 3 is 1.21 bits per heavy atom. The van der Waals surface area contributed by atoms with Gasteiger partial charge in [-0.3, -0.25) is 9.97 Å². The van der Waals surface area contributed by atoms with Gasteiger partial charge >= 0.3 is 0 Å². The van der Waals surface area contributed by atoms with Crippen LogP contribution in [0.25, 0.3) is 22.8 Å². The van der Waals surface area contributed by atoms with E-state index in [2.05, 4.69) is 56.3 Å². The van der Waals surface area contributed by atoms with Gasteiger partial charge in [0.25, 0.3) is 0 Å². The summed E-state index contributed by atoms with van der Waals surface area (Å²) in [6, 6.07) is 8.08. The van der Waals surface area contributed by atoms with Crippen molar-refractivity contribution in [3.8, 4) is 22.8 Å². The number of hydrogen-bond acceptors (Lipinski definition) is 6. The number of hydrogen-bond donors (Lipinski definition) is 0. The average molecular weight is 461 g/mol. The maximum absolute atomic E-state index is 4.53. The summed E-state index contributed by atoms with van der Waals surface area (Å²) >= 11 is 0. The first-order valence-corrected chi connectivity index (χ1v) is 13.3. The maximum Gasteiger partial charge on any atom is 0.113 e. The van der Waals surface area contributed by atoms with Gasteiger partial charge in [-0.1, -0.05) is 78.1 Å². The van der Waals surface area contributed by atoms with Crippen molar-refractivity contribution in [3.63, 3.8) is 0 Å². The summed E-state index contributed by atoms with van der Waals surface area (Å²) in [6.45, 7) is 4.50. The standard InChI is InChI=1S/C28H40N6/c1-3-5-7-9-11-13-15-23-17-19-25(33-31-23)27-21-30-28(22-29-27)26-20-18-24(32-34-26)16-14-12-10-8-6-4-2/h17-22H,3-16H2,1-2H3. The molecule has 0 N–H and O–H groups in total. The van der Waals surface area contributed by atoms with Crippen molar-refractivity contribution in [2.24, 2.45) is 0 Å². The van der Waals surface area contributed by atoms with Gasteiger partial charge in [-0.05, 0) is 49.9 Å². The van der Waals surface area contributed by atoms with Crippen molar-refractivity contribution in [2.75, 3.05) is 0 Å². The van der Waals surface area contributed by atoms with Crippen LogP contribution in [0.4, 0.5) is 0 Å². The smallest absolute Gasteiger partial charge is 0.113 e. The Balaban J connectivity index is 1.46. The predicted molar refractivity (Wildman–Crippen MR) is 138 cm³/mol. The second kappa shape index (κ2) is 15.2. The number of nitrogens with zero attached hydrogens (tertiary/aromatic N) is 6. The lowest BCUT2D eigenvalue weighted by atomic mass is 10.1. The highest BCUT2D eigenvalue weighted by Gasteiger charge is 2.07. The van der Waals surface area contributed by atoms with Crippen LogP contribution in [0.5, 0.6) is 0 Å². The second-order valence-corrected chi connectivity index (χ2v) is 9.14. The van der Waals surface area contributed by atoms with Gasteiger partial charge < -0.3 is 0 Å². The number of rotatable bonds is 16. The molecule has 0 radical (unpaired) electrons. The zero-order chi connectivity index (χ0) is 23.8. The van der Waals surface area contributed by atoms with Crippen LogP contribution in [0.15, 0.2) is 36.7 Å². The van der Waals surface area contributed by atoms with Gasteiger partial charge in [-0.2, -0.15) is 10.2 Å². The third-order valence-electron chi connectivity index (χ3n) is 6.19. The van der Waals surface area contributed by atoms with Crippen LogP contribution in [0.1, 0.15) is 102 Å². The molecule has 0 saturated heterocycles. The van der Waals surface area contributed by atoms with Crippen LogP contribution in [-0.4, -0.2) is 30.4 Å². The lowest BCUT2D eigenvalue weighted by Gasteiger charge is -2.04. The molecule has 34 heavy (non-hydrogen) atoms. The summed E-state index contributed by atoms with van der Waals surface area (Å²) in [4.78, 5) is 9.07. The van der Waals surface area contributed by atoms with Crippen molar-refractivity contribution in [3.05, 3.63) is 48.0 Å². The van der Waals surface area contributed by atoms with Crippen LogP contribution in [0.3, 0.4) is 0 Å². The summed E-state index contributed by atoms with van der Waals surface area (Å²) in [6.07, 6.45) is 20.9. The molecule has 0 aromatic carbocycles. The van der Waals surface area contributed by atoms with Crippen LogP contribution >= 0.6 is 0 Å². The molecule has 0 saturated carbocycles. The highest BCUT2D eigenvalue weighted by atomic mass is 15.1. The Morgan fingerprint density at radius 2 is 0.853 bits per heavy atom. The molecule has 0 amide bonds. The van der Waals surface area contributed by atoms with E-state index < -0.39 is 0 Å². The zero-order valence-corrected chi connectivity index (χ0v) is 21.0. The third-order valence-corrected chi connectivity index (χ3v) is 6.19. The van der Waals surface area contributed by atoms with Crippen LogP contribution in [0, 0.1) is 0 Å². The monoisotopic (exact) mass is 460 g/mol. The number of aryl methyl sites for hydroxylation is 2. The van der Waals surface area contributed by atoms with Gasteiger partial charge in [0.2, 0.25) is 0 Å². The van der Waals surface area contributed by atoms with Crippen molar-refractivity contribution in [2.45, 2.75) is 104 Å². The molecule has 0 aliphatic carbocycles. The summed E-state index contributed by atoms with van der Waals surface area (Å²) in [5, 5.41) is 17.5. The molecule has 0 aliphatic heterocycles. The van der Waals surface area contributed by atoms with Gasteiger partial charge in [0.15, 0.2) is 0 Å².